The molecular weight excluding hydrogens is 388 g/mol. The number of rotatable bonds is 7. The van der Waals surface area contributed by atoms with E-state index in [1.165, 1.54) is 11.3 Å². The monoisotopic (exact) mass is 412 g/mol. The molecule has 2 aromatic carbocycles. The average molecular weight is 413 g/mol. The number of unbranched alkanes of at least 4 members (excludes halogenated alkanes) is 1. The number of benzene rings is 2. The normalized spacial score (nSPS) is 13.2. The molecule has 0 fully saturated rings. The summed E-state index contributed by atoms with van der Waals surface area (Å²) in [5, 5.41) is 0. The van der Waals surface area contributed by atoms with Crippen molar-refractivity contribution < 1.29 is 19.0 Å². The number of ether oxygens (including phenoxy) is 3. The van der Waals surface area contributed by atoms with Gasteiger partial charge in [0.2, 0.25) is 6.79 Å². The van der Waals surface area contributed by atoms with E-state index in [4.69, 9.17) is 14.2 Å². The van der Waals surface area contributed by atoms with E-state index >= 15 is 0 Å². The van der Waals surface area contributed by atoms with Gasteiger partial charge in [0.05, 0.1) is 16.8 Å². The summed E-state index contributed by atoms with van der Waals surface area (Å²) in [6.07, 6.45) is 2.98. The summed E-state index contributed by atoms with van der Waals surface area (Å²) in [6.45, 7) is 5.88. The number of hydrogen-bond acceptors (Lipinski definition) is 5. The maximum Gasteiger partial charge on any atom is 0.279 e. The third kappa shape index (κ3) is 4.15. The van der Waals surface area contributed by atoms with Crippen LogP contribution in [0.3, 0.4) is 0 Å². The van der Waals surface area contributed by atoms with Crippen molar-refractivity contribution in [3.05, 3.63) is 46.8 Å². The fourth-order valence-electron chi connectivity index (χ4n) is 3.19. The molecule has 0 spiro atoms. The number of thiazole rings is 1. The van der Waals surface area contributed by atoms with Crippen LogP contribution in [0.15, 0.2) is 41.4 Å². The second-order valence-corrected chi connectivity index (χ2v) is 7.87. The average Bonchev–Trinajstić information content (AvgIpc) is 3.31. The number of nitrogens with zero attached hydrogens (tertiary/aromatic N) is 2. The quantitative estimate of drug-likeness (QED) is 0.525. The van der Waals surface area contributed by atoms with Crippen molar-refractivity contribution in [2.24, 2.45) is 4.99 Å². The van der Waals surface area contributed by atoms with Crippen molar-refractivity contribution in [3.8, 4) is 17.2 Å². The first-order valence-corrected chi connectivity index (χ1v) is 10.8. The number of aryl methyl sites for hydroxylation is 1. The van der Waals surface area contributed by atoms with E-state index in [2.05, 4.69) is 23.4 Å². The van der Waals surface area contributed by atoms with Crippen LogP contribution in [0.1, 0.15) is 43.5 Å². The second kappa shape index (κ2) is 8.69. The highest BCUT2D eigenvalue weighted by Gasteiger charge is 2.18. The van der Waals surface area contributed by atoms with Gasteiger partial charge in [-0.1, -0.05) is 37.7 Å². The van der Waals surface area contributed by atoms with Crippen LogP contribution < -0.4 is 19.0 Å². The Hall–Kier alpha value is -2.80. The molecule has 1 amide bonds. The molecule has 0 saturated heterocycles. The van der Waals surface area contributed by atoms with Gasteiger partial charge in [-0.3, -0.25) is 4.79 Å². The molecule has 6 nitrogen and oxygen atoms in total. The van der Waals surface area contributed by atoms with E-state index in [1.807, 2.05) is 24.3 Å². The first-order valence-electron chi connectivity index (χ1n) is 9.94. The molecule has 0 unspecified atom stereocenters. The fraction of sp³-hybridized carbons (Fsp3) is 0.364. The van der Waals surface area contributed by atoms with Crippen LogP contribution in [0, 0.1) is 0 Å². The van der Waals surface area contributed by atoms with E-state index in [9.17, 15) is 4.79 Å². The summed E-state index contributed by atoms with van der Waals surface area (Å²) >= 11 is 1.48. The van der Waals surface area contributed by atoms with Crippen molar-refractivity contribution in [2.45, 2.75) is 39.7 Å². The minimum atomic E-state index is -0.276. The van der Waals surface area contributed by atoms with Gasteiger partial charge in [0, 0.05) is 24.2 Å². The standard InChI is InChI=1S/C22H24N2O4S/c1-3-5-10-26-16-8-6-7-15(11-16)21(25)23-22-24(9-4-2)17-12-18-19(28-14-27-18)13-20(17)29-22/h6-8,11-13H,3-5,9-10,14H2,1-2H3. The van der Waals surface area contributed by atoms with Crippen LogP contribution in [-0.2, 0) is 6.54 Å². The van der Waals surface area contributed by atoms with Gasteiger partial charge in [-0.05, 0) is 31.0 Å². The number of aromatic nitrogens is 1. The van der Waals surface area contributed by atoms with Crippen LogP contribution >= 0.6 is 11.3 Å². The van der Waals surface area contributed by atoms with E-state index in [-0.39, 0.29) is 12.7 Å². The molecule has 0 aliphatic carbocycles. The molecule has 1 aromatic heterocycles. The van der Waals surface area contributed by atoms with Gasteiger partial charge in [0.1, 0.15) is 5.75 Å². The number of carbonyl (C=O) groups is 1. The molecule has 152 valence electrons. The Labute approximate surface area is 173 Å². The van der Waals surface area contributed by atoms with Crippen LogP contribution in [0.2, 0.25) is 0 Å². The molecule has 1 aliphatic rings. The molecule has 29 heavy (non-hydrogen) atoms. The summed E-state index contributed by atoms with van der Waals surface area (Å²) in [4.78, 5) is 18.0. The van der Waals surface area contributed by atoms with Gasteiger partial charge >= 0.3 is 0 Å². The Balaban J connectivity index is 1.69. The molecule has 0 radical (unpaired) electrons. The zero-order valence-corrected chi connectivity index (χ0v) is 17.5. The van der Waals surface area contributed by atoms with Gasteiger partial charge in [-0.25, -0.2) is 0 Å². The highest BCUT2D eigenvalue weighted by atomic mass is 32.1. The summed E-state index contributed by atoms with van der Waals surface area (Å²) in [5.74, 6) is 1.89. The van der Waals surface area contributed by atoms with Crippen molar-refractivity contribution in [3.63, 3.8) is 0 Å². The van der Waals surface area contributed by atoms with Crippen LogP contribution in [0.25, 0.3) is 10.2 Å². The summed E-state index contributed by atoms with van der Waals surface area (Å²) in [7, 11) is 0. The third-order valence-electron chi connectivity index (χ3n) is 4.67. The van der Waals surface area contributed by atoms with E-state index in [0.29, 0.717) is 22.7 Å². The highest BCUT2D eigenvalue weighted by molar-refractivity contribution is 7.16. The number of amides is 1. The van der Waals surface area contributed by atoms with Crippen molar-refractivity contribution in [1.82, 2.24) is 4.57 Å². The Morgan fingerprint density at radius 2 is 2.00 bits per heavy atom. The van der Waals surface area contributed by atoms with Crippen LogP contribution in [0.4, 0.5) is 0 Å². The molecule has 1 aliphatic heterocycles. The first-order chi connectivity index (χ1) is 14.2. The topological polar surface area (TPSA) is 62.0 Å². The molecule has 4 rings (SSSR count). The lowest BCUT2D eigenvalue weighted by atomic mass is 10.2. The van der Waals surface area contributed by atoms with Crippen LogP contribution in [-0.4, -0.2) is 23.9 Å². The fourth-order valence-corrected chi connectivity index (χ4v) is 4.25. The Bertz CT molecular complexity index is 1100. The van der Waals surface area contributed by atoms with Gasteiger partial charge in [-0.15, -0.1) is 0 Å². The van der Waals surface area contributed by atoms with Crippen LogP contribution in [0.5, 0.6) is 17.2 Å². The highest BCUT2D eigenvalue weighted by Crippen LogP contribution is 2.37. The number of hydrogen-bond donors (Lipinski definition) is 0. The Kier molecular flexibility index (Phi) is 5.85. The lowest BCUT2D eigenvalue weighted by Crippen LogP contribution is -2.16. The Morgan fingerprint density at radius 1 is 1.17 bits per heavy atom. The molecule has 0 N–H and O–H groups in total. The summed E-state index contributed by atoms with van der Waals surface area (Å²) in [5.41, 5.74) is 1.53. The lowest BCUT2D eigenvalue weighted by molar-refractivity contribution is 0.0997. The molecule has 7 heteroatoms. The molecule has 0 atom stereocenters. The first kappa shape index (κ1) is 19.5. The SMILES string of the molecule is CCCCOc1cccc(C(=O)N=c2sc3cc4c(cc3n2CCC)OCO4)c1. The number of fused-ring (bicyclic) bond motifs is 2. The van der Waals surface area contributed by atoms with Gasteiger partial charge in [0.25, 0.3) is 5.91 Å². The second-order valence-electron chi connectivity index (χ2n) is 6.86. The molecule has 0 saturated carbocycles. The minimum absolute atomic E-state index is 0.243. The Morgan fingerprint density at radius 3 is 2.79 bits per heavy atom. The zero-order valence-electron chi connectivity index (χ0n) is 16.6. The number of carbonyl (C=O) groups excluding carboxylic acids is 1. The van der Waals surface area contributed by atoms with Crippen molar-refractivity contribution >= 4 is 27.5 Å². The lowest BCUT2D eigenvalue weighted by Gasteiger charge is -2.06. The largest absolute Gasteiger partial charge is 0.494 e. The minimum Gasteiger partial charge on any atom is -0.494 e. The van der Waals surface area contributed by atoms with Gasteiger partial charge < -0.3 is 18.8 Å². The predicted molar refractivity (Wildman–Crippen MR) is 113 cm³/mol. The molecular formula is C22H24N2O4S. The van der Waals surface area contributed by atoms with Crippen molar-refractivity contribution in [1.29, 1.82) is 0 Å². The maximum atomic E-state index is 12.9. The van der Waals surface area contributed by atoms with Gasteiger partial charge in [0.15, 0.2) is 16.3 Å². The molecule has 0 bridgehead atoms. The summed E-state index contributed by atoms with van der Waals surface area (Å²) < 4.78 is 19.8. The maximum absolute atomic E-state index is 12.9. The third-order valence-corrected chi connectivity index (χ3v) is 5.71. The summed E-state index contributed by atoms with van der Waals surface area (Å²) in [6, 6.07) is 11.1. The predicted octanol–water partition coefficient (Wildman–Crippen LogP) is 4.76. The smallest absolute Gasteiger partial charge is 0.279 e. The van der Waals surface area contributed by atoms with Crippen molar-refractivity contribution in [2.75, 3.05) is 13.4 Å². The van der Waals surface area contributed by atoms with E-state index in [1.54, 1.807) is 12.1 Å². The zero-order chi connectivity index (χ0) is 20.2. The van der Waals surface area contributed by atoms with Gasteiger partial charge in [-0.2, -0.15) is 4.99 Å². The molecule has 2 heterocycles. The van der Waals surface area contributed by atoms with E-state index < -0.39 is 0 Å². The van der Waals surface area contributed by atoms with E-state index in [0.717, 1.165) is 47.5 Å². The molecule has 3 aromatic rings.